The van der Waals surface area contributed by atoms with Crippen molar-refractivity contribution in [3.8, 4) is 0 Å². The van der Waals surface area contributed by atoms with E-state index in [2.05, 4.69) is 11.1 Å². The fourth-order valence-electron chi connectivity index (χ4n) is 2.21. The third-order valence-corrected chi connectivity index (χ3v) is 4.53. The Labute approximate surface area is 109 Å². The van der Waals surface area contributed by atoms with Crippen LogP contribution in [0.5, 0.6) is 0 Å². The average Bonchev–Trinajstić information content (AvgIpc) is 2.82. The lowest BCUT2D eigenvalue weighted by Gasteiger charge is -2.17. The van der Waals surface area contributed by atoms with Crippen molar-refractivity contribution in [2.45, 2.75) is 22.7 Å². The molecule has 2 aromatic rings. The molecule has 2 unspecified atom stereocenters. The Morgan fingerprint density at radius 3 is 2.94 bits per heavy atom. The number of hydrogen-bond acceptors (Lipinski definition) is 3. The summed E-state index contributed by atoms with van der Waals surface area (Å²) in [5.41, 5.74) is 1.55. The van der Waals surface area contributed by atoms with Crippen LogP contribution in [0.15, 0.2) is 47.6 Å². The second-order valence-electron chi connectivity index (χ2n) is 4.31. The molecule has 1 N–H and O–H groups in total. The van der Waals surface area contributed by atoms with Gasteiger partial charge in [-0.2, -0.15) is 0 Å². The molecule has 1 aromatic heterocycles. The van der Waals surface area contributed by atoms with E-state index < -0.39 is 11.9 Å². The molecule has 1 aliphatic heterocycles. The number of rotatable bonds is 2. The van der Waals surface area contributed by atoms with Crippen molar-refractivity contribution in [2.75, 3.05) is 0 Å². The predicted octanol–water partition coefficient (Wildman–Crippen LogP) is 2.97. The number of nitrogens with zero attached hydrogens (tertiary/aromatic N) is 1. The number of aliphatic hydroxyl groups is 1. The van der Waals surface area contributed by atoms with E-state index >= 15 is 0 Å². The highest BCUT2D eigenvalue weighted by atomic mass is 32.2. The zero-order valence-corrected chi connectivity index (χ0v) is 10.4. The number of aromatic nitrogens is 1. The number of thioether (sulfide) groups is 1. The lowest BCUT2D eigenvalue weighted by atomic mass is 10.0. The maximum Gasteiger partial charge on any atom is 0.147 e. The summed E-state index contributed by atoms with van der Waals surface area (Å²) in [6.45, 7) is 0. The second kappa shape index (κ2) is 4.71. The van der Waals surface area contributed by atoms with Gasteiger partial charge in [0, 0.05) is 21.9 Å². The van der Waals surface area contributed by atoms with Gasteiger partial charge in [-0.1, -0.05) is 18.2 Å². The molecule has 0 saturated heterocycles. The van der Waals surface area contributed by atoms with E-state index in [1.807, 2.05) is 18.2 Å². The number of pyridine rings is 1. The van der Waals surface area contributed by atoms with Crippen LogP contribution in [0, 0.1) is 5.82 Å². The smallest absolute Gasteiger partial charge is 0.147 e. The summed E-state index contributed by atoms with van der Waals surface area (Å²) in [7, 11) is 0. The van der Waals surface area contributed by atoms with Crippen LogP contribution in [0.25, 0.3) is 0 Å². The van der Waals surface area contributed by atoms with Crippen molar-refractivity contribution in [3.05, 3.63) is 59.7 Å². The van der Waals surface area contributed by atoms with Gasteiger partial charge in [0.2, 0.25) is 0 Å². The molecule has 4 heteroatoms. The number of halogens is 1. The van der Waals surface area contributed by atoms with E-state index in [1.54, 1.807) is 17.8 Å². The average molecular weight is 261 g/mol. The molecule has 0 amide bonds. The van der Waals surface area contributed by atoms with Gasteiger partial charge in [0.05, 0.1) is 12.3 Å². The van der Waals surface area contributed by atoms with Gasteiger partial charge < -0.3 is 5.11 Å². The molecule has 0 saturated carbocycles. The van der Waals surface area contributed by atoms with Gasteiger partial charge in [0.15, 0.2) is 0 Å². The summed E-state index contributed by atoms with van der Waals surface area (Å²) < 4.78 is 13.6. The zero-order chi connectivity index (χ0) is 12.5. The minimum absolute atomic E-state index is 0.0284. The van der Waals surface area contributed by atoms with E-state index in [-0.39, 0.29) is 5.25 Å². The van der Waals surface area contributed by atoms with Crippen molar-refractivity contribution >= 4 is 11.8 Å². The van der Waals surface area contributed by atoms with Crippen LogP contribution in [-0.2, 0) is 6.42 Å². The minimum atomic E-state index is -0.801. The van der Waals surface area contributed by atoms with E-state index in [0.29, 0.717) is 5.56 Å². The third kappa shape index (κ3) is 2.02. The Kier molecular flexibility index (Phi) is 3.06. The lowest BCUT2D eigenvalue weighted by Crippen LogP contribution is -2.15. The third-order valence-electron chi connectivity index (χ3n) is 3.15. The monoisotopic (exact) mass is 261 g/mol. The van der Waals surface area contributed by atoms with Crippen LogP contribution in [0.1, 0.15) is 17.2 Å². The predicted molar refractivity (Wildman–Crippen MR) is 68.9 cm³/mol. The largest absolute Gasteiger partial charge is 0.387 e. The van der Waals surface area contributed by atoms with Gasteiger partial charge in [-0.15, -0.1) is 11.8 Å². The first-order valence-electron chi connectivity index (χ1n) is 5.78. The first-order valence-corrected chi connectivity index (χ1v) is 6.65. The van der Waals surface area contributed by atoms with Crippen LogP contribution in [0.2, 0.25) is 0 Å². The Hall–Kier alpha value is -1.39. The molecular formula is C14H12FNOS. The summed E-state index contributed by atoms with van der Waals surface area (Å²) >= 11 is 1.61. The Morgan fingerprint density at radius 2 is 2.17 bits per heavy atom. The van der Waals surface area contributed by atoms with Crippen molar-refractivity contribution in [1.82, 2.24) is 4.98 Å². The number of aliphatic hydroxyl groups excluding tert-OH is 1. The quantitative estimate of drug-likeness (QED) is 0.902. The fraction of sp³-hybridized carbons (Fsp3) is 0.214. The van der Waals surface area contributed by atoms with Crippen molar-refractivity contribution in [2.24, 2.45) is 0 Å². The molecule has 0 bridgehead atoms. The molecule has 0 spiro atoms. The Bertz CT molecular complexity index is 550. The molecule has 0 aliphatic carbocycles. The highest BCUT2D eigenvalue weighted by Gasteiger charge is 2.30. The van der Waals surface area contributed by atoms with Gasteiger partial charge in [0.25, 0.3) is 0 Å². The van der Waals surface area contributed by atoms with Gasteiger partial charge in [-0.3, -0.25) is 4.98 Å². The van der Waals surface area contributed by atoms with Crippen LogP contribution in [0.3, 0.4) is 0 Å². The van der Waals surface area contributed by atoms with E-state index in [9.17, 15) is 9.50 Å². The first kappa shape index (κ1) is 11.7. The molecule has 2 heterocycles. The molecule has 0 fully saturated rings. The lowest BCUT2D eigenvalue weighted by molar-refractivity contribution is 0.170. The highest BCUT2D eigenvalue weighted by molar-refractivity contribution is 8.00. The molecule has 92 valence electrons. The SMILES string of the molecule is OC(c1ccncc1F)C1Cc2ccccc2S1. The zero-order valence-electron chi connectivity index (χ0n) is 9.58. The molecule has 1 aliphatic rings. The van der Waals surface area contributed by atoms with Crippen LogP contribution >= 0.6 is 11.8 Å². The number of hydrogen-bond donors (Lipinski definition) is 1. The van der Waals surface area contributed by atoms with Gasteiger partial charge in [0.1, 0.15) is 5.82 Å². The number of benzene rings is 1. The molecule has 3 rings (SSSR count). The fourth-order valence-corrected chi connectivity index (χ4v) is 3.54. The van der Waals surface area contributed by atoms with E-state index in [1.165, 1.54) is 16.7 Å². The van der Waals surface area contributed by atoms with Gasteiger partial charge >= 0.3 is 0 Å². The van der Waals surface area contributed by atoms with Crippen LogP contribution in [-0.4, -0.2) is 15.3 Å². The standard InChI is InChI=1S/C14H12FNOS/c15-11-8-16-6-5-10(11)14(17)13-7-9-3-1-2-4-12(9)18-13/h1-6,8,13-14,17H,7H2. The molecule has 0 radical (unpaired) electrons. The van der Waals surface area contributed by atoms with Gasteiger partial charge in [-0.05, 0) is 24.1 Å². The van der Waals surface area contributed by atoms with Crippen molar-refractivity contribution in [3.63, 3.8) is 0 Å². The highest BCUT2D eigenvalue weighted by Crippen LogP contribution is 2.42. The normalized spacial score (nSPS) is 19.6. The van der Waals surface area contributed by atoms with Crippen molar-refractivity contribution < 1.29 is 9.50 Å². The summed E-state index contributed by atoms with van der Waals surface area (Å²) in [4.78, 5) is 4.88. The maximum atomic E-state index is 13.6. The molecular weight excluding hydrogens is 249 g/mol. The molecule has 2 nitrogen and oxygen atoms in total. The molecule has 2 atom stereocenters. The van der Waals surface area contributed by atoms with Crippen LogP contribution < -0.4 is 0 Å². The molecule has 1 aromatic carbocycles. The second-order valence-corrected chi connectivity index (χ2v) is 5.59. The van der Waals surface area contributed by atoms with Gasteiger partial charge in [-0.25, -0.2) is 4.39 Å². The van der Waals surface area contributed by atoms with Crippen LogP contribution in [0.4, 0.5) is 4.39 Å². The molecule has 18 heavy (non-hydrogen) atoms. The number of fused-ring (bicyclic) bond motifs is 1. The summed E-state index contributed by atoms with van der Waals surface area (Å²) in [5.74, 6) is -0.443. The summed E-state index contributed by atoms with van der Waals surface area (Å²) in [5, 5.41) is 10.3. The Balaban J connectivity index is 1.85. The van der Waals surface area contributed by atoms with E-state index in [4.69, 9.17) is 0 Å². The topological polar surface area (TPSA) is 33.1 Å². The Morgan fingerprint density at radius 1 is 1.33 bits per heavy atom. The minimum Gasteiger partial charge on any atom is -0.387 e. The summed E-state index contributed by atoms with van der Waals surface area (Å²) in [6, 6.07) is 9.60. The van der Waals surface area contributed by atoms with E-state index in [0.717, 1.165) is 12.6 Å². The summed E-state index contributed by atoms with van der Waals surface area (Å²) in [6.07, 6.45) is 2.62. The van der Waals surface area contributed by atoms with Crippen molar-refractivity contribution in [1.29, 1.82) is 0 Å². The first-order chi connectivity index (χ1) is 8.75. The maximum absolute atomic E-state index is 13.6.